The summed E-state index contributed by atoms with van der Waals surface area (Å²) in [5.41, 5.74) is 1.05. The molecule has 170 valence electrons. The number of hydrogen-bond acceptors (Lipinski definition) is 6. The van der Waals surface area contributed by atoms with Crippen LogP contribution in [0, 0.1) is 34.3 Å². The number of aromatic nitrogens is 3. The first-order valence-corrected chi connectivity index (χ1v) is 10.5. The second-order valence-corrected chi connectivity index (χ2v) is 8.26. The molecule has 0 N–H and O–H groups in total. The molecular weight excluding hydrogens is 436 g/mol. The van der Waals surface area contributed by atoms with E-state index in [4.69, 9.17) is 4.98 Å². The highest BCUT2D eigenvalue weighted by atomic mass is 16.6. The molecule has 1 aromatic carbocycles. The predicted octanol–water partition coefficient (Wildman–Crippen LogP) is 3.13. The van der Waals surface area contributed by atoms with Crippen molar-refractivity contribution in [1.29, 1.82) is 5.26 Å². The van der Waals surface area contributed by atoms with E-state index in [-0.39, 0.29) is 39.2 Å². The van der Waals surface area contributed by atoms with E-state index in [1.807, 2.05) is 32.9 Å². The van der Waals surface area contributed by atoms with Crippen LogP contribution in [-0.4, -0.2) is 24.8 Å². The van der Waals surface area contributed by atoms with Gasteiger partial charge in [-0.15, -0.1) is 0 Å². The zero-order chi connectivity index (χ0) is 24.6. The van der Waals surface area contributed by atoms with E-state index in [1.165, 1.54) is 28.7 Å². The SMILES string of the molecule is Cc1cccn2c(=O)c3cc(C#N)c(=NC(=O)c4cccc([N+](=O)[O-])c4)n(CC(C)C)c3nc12. The minimum Gasteiger partial charge on any atom is -0.309 e. The number of benzene rings is 1. The van der Waals surface area contributed by atoms with Gasteiger partial charge in [0.1, 0.15) is 17.4 Å². The van der Waals surface area contributed by atoms with Crippen LogP contribution in [-0.2, 0) is 6.54 Å². The standard InChI is InChI=1S/C24H20N6O4/c1-14(2)13-29-21(27-23(31)16-7-4-8-18(10-16)30(33)34)17(12-25)11-19-22(29)26-20-15(3)6-5-9-28(20)24(19)32/h4-11,14H,13H2,1-3H3. The van der Waals surface area contributed by atoms with Gasteiger partial charge in [-0.25, -0.2) is 4.98 Å². The van der Waals surface area contributed by atoms with Gasteiger partial charge < -0.3 is 4.57 Å². The molecular formula is C24H20N6O4. The van der Waals surface area contributed by atoms with Crippen LogP contribution in [0.25, 0.3) is 16.7 Å². The number of nitriles is 1. The van der Waals surface area contributed by atoms with E-state index in [0.717, 1.165) is 11.6 Å². The molecule has 1 amide bonds. The van der Waals surface area contributed by atoms with E-state index < -0.39 is 10.8 Å². The molecule has 34 heavy (non-hydrogen) atoms. The van der Waals surface area contributed by atoms with Gasteiger partial charge in [-0.05, 0) is 36.6 Å². The van der Waals surface area contributed by atoms with Crippen molar-refractivity contribution >= 4 is 28.3 Å². The number of non-ortho nitro benzene ring substituents is 1. The van der Waals surface area contributed by atoms with Gasteiger partial charge in [-0.1, -0.05) is 26.0 Å². The summed E-state index contributed by atoms with van der Waals surface area (Å²) in [6.07, 6.45) is 1.61. The molecule has 0 aliphatic rings. The number of carbonyl (C=O) groups excluding carboxylic acids is 1. The van der Waals surface area contributed by atoms with Crippen molar-refractivity contribution in [3.8, 4) is 6.07 Å². The third-order valence-corrected chi connectivity index (χ3v) is 5.28. The monoisotopic (exact) mass is 456 g/mol. The number of nitro groups is 1. The topological polar surface area (TPSA) is 136 Å². The molecule has 0 saturated heterocycles. The Bertz CT molecular complexity index is 1660. The molecule has 0 saturated carbocycles. The Balaban J connectivity index is 2.09. The highest BCUT2D eigenvalue weighted by Gasteiger charge is 2.17. The number of fused-ring (bicyclic) bond motifs is 2. The average Bonchev–Trinajstić information content (AvgIpc) is 2.81. The third-order valence-electron chi connectivity index (χ3n) is 5.28. The summed E-state index contributed by atoms with van der Waals surface area (Å²) in [7, 11) is 0. The lowest BCUT2D eigenvalue weighted by molar-refractivity contribution is -0.384. The Morgan fingerprint density at radius 3 is 2.68 bits per heavy atom. The molecule has 0 bridgehead atoms. The van der Waals surface area contributed by atoms with Gasteiger partial charge in [0.05, 0.1) is 15.9 Å². The van der Waals surface area contributed by atoms with Crippen LogP contribution in [0.15, 0.2) is 58.4 Å². The fourth-order valence-electron chi connectivity index (χ4n) is 3.74. The molecule has 0 fully saturated rings. The summed E-state index contributed by atoms with van der Waals surface area (Å²) in [5, 5.41) is 21.2. The number of amides is 1. The summed E-state index contributed by atoms with van der Waals surface area (Å²) in [6.45, 7) is 6.06. The maximum absolute atomic E-state index is 13.2. The minimum atomic E-state index is -0.745. The molecule has 0 aliphatic heterocycles. The van der Waals surface area contributed by atoms with Crippen molar-refractivity contribution in [3.05, 3.63) is 91.3 Å². The minimum absolute atomic E-state index is 0.0108. The first-order valence-electron chi connectivity index (χ1n) is 10.5. The number of nitro benzene ring substituents is 1. The lowest BCUT2D eigenvalue weighted by Crippen LogP contribution is -2.31. The average molecular weight is 456 g/mol. The number of pyridine rings is 2. The summed E-state index contributed by atoms with van der Waals surface area (Å²) in [4.78, 5) is 45.6. The zero-order valence-corrected chi connectivity index (χ0v) is 18.7. The summed E-state index contributed by atoms with van der Waals surface area (Å²) < 4.78 is 3.02. The molecule has 0 aliphatic carbocycles. The Hall–Kier alpha value is -4.65. The van der Waals surface area contributed by atoms with Crippen molar-refractivity contribution in [1.82, 2.24) is 14.0 Å². The molecule has 10 heteroatoms. The number of carbonyl (C=O) groups is 1. The summed E-state index contributed by atoms with van der Waals surface area (Å²) >= 11 is 0. The van der Waals surface area contributed by atoms with Crippen molar-refractivity contribution in [3.63, 3.8) is 0 Å². The van der Waals surface area contributed by atoms with E-state index in [1.54, 1.807) is 16.8 Å². The molecule has 10 nitrogen and oxygen atoms in total. The number of rotatable bonds is 4. The number of aryl methyl sites for hydroxylation is 1. The van der Waals surface area contributed by atoms with E-state index >= 15 is 0 Å². The first kappa shape index (κ1) is 22.5. The highest BCUT2D eigenvalue weighted by molar-refractivity contribution is 5.95. The smallest absolute Gasteiger partial charge is 0.279 e. The van der Waals surface area contributed by atoms with Crippen LogP contribution in [0.1, 0.15) is 35.3 Å². The molecule has 3 heterocycles. The van der Waals surface area contributed by atoms with Crippen LogP contribution in [0.3, 0.4) is 0 Å². The van der Waals surface area contributed by atoms with Crippen LogP contribution in [0.2, 0.25) is 0 Å². The Labute approximate surface area is 193 Å². The van der Waals surface area contributed by atoms with Crippen LogP contribution < -0.4 is 11.0 Å². The summed E-state index contributed by atoms with van der Waals surface area (Å²) in [6, 6.07) is 12.2. The van der Waals surface area contributed by atoms with E-state index in [9.17, 15) is 25.0 Å². The van der Waals surface area contributed by atoms with Gasteiger partial charge in [-0.2, -0.15) is 10.3 Å². The van der Waals surface area contributed by atoms with Crippen molar-refractivity contribution in [2.75, 3.05) is 0 Å². The first-order chi connectivity index (χ1) is 16.2. The second-order valence-electron chi connectivity index (χ2n) is 8.26. The molecule has 0 radical (unpaired) electrons. The Morgan fingerprint density at radius 2 is 2.00 bits per heavy atom. The normalized spacial score (nSPS) is 11.8. The number of nitrogens with zero attached hydrogens (tertiary/aromatic N) is 6. The van der Waals surface area contributed by atoms with Gasteiger partial charge in [0.25, 0.3) is 17.2 Å². The lowest BCUT2D eigenvalue weighted by atomic mass is 10.1. The van der Waals surface area contributed by atoms with Crippen molar-refractivity contribution < 1.29 is 9.72 Å². The van der Waals surface area contributed by atoms with E-state index in [0.29, 0.717) is 17.8 Å². The summed E-state index contributed by atoms with van der Waals surface area (Å²) in [5.74, 6) is -0.674. The quantitative estimate of drug-likeness (QED) is 0.263. The highest BCUT2D eigenvalue weighted by Crippen LogP contribution is 2.16. The molecule has 3 aromatic heterocycles. The Kier molecular flexibility index (Phi) is 5.77. The van der Waals surface area contributed by atoms with Gasteiger partial charge in [0.15, 0.2) is 5.49 Å². The lowest BCUT2D eigenvalue weighted by Gasteiger charge is -2.15. The largest absolute Gasteiger partial charge is 0.309 e. The maximum Gasteiger partial charge on any atom is 0.279 e. The van der Waals surface area contributed by atoms with Crippen LogP contribution in [0.4, 0.5) is 5.69 Å². The fraction of sp³-hybridized carbons (Fsp3) is 0.208. The maximum atomic E-state index is 13.2. The fourth-order valence-corrected chi connectivity index (χ4v) is 3.74. The van der Waals surface area contributed by atoms with E-state index in [2.05, 4.69) is 4.99 Å². The molecule has 4 aromatic rings. The Morgan fingerprint density at radius 1 is 1.24 bits per heavy atom. The van der Waals surface area contributed by atoms with Crippen molar-refractivity contribution in [2.24, 2.45) is 10.9 Å². The van der Waals surface area contributed by atoms with Gasteiger partial charge in [-0.3, -0.25) is 24.1 Å². The molecule has 0 atom stereocenters. The zero-order valence-electron chi connectivity index (χ0n) is 18.7. The van der Waals surface area contributed by atoms with Crippen LogP contribution in [0.5, 0.6) is 0 Å². The third kappa shape index (κ3) is 3.95. The van der Waals surface area contributed by atoms with Gasteiger partial charge in [0, 0.05) is 30.4 Å². The molecule has 0 spiro atoms. The van der Waals surface area contributed by atoms with Crippen molar-refractivity contribution in [2.45, 2.75) is 27.3 Å². The van der Waals surface area contributed by atoms with Crippen LogP contribution >= 0.6 is 0 Å². The second kappa shape index (κ2) is 8.71. The van der Waals surface area contributed by atoms with Gasteiger partial charge >= 0.3 is 0 Å². The number of hydrogen-bond donors (Lipinski definition) is 0. The molecule has 4 rings (SSSR count). The predicted molar refractivity (Wildman–Crippen MR) is 124 cm³/mol. The van der Waals surface area contributed by atoms with Gasteiger partial charge in [0.2, 0.25) is 0 Å². The molecule has 0 unspecified atom stereocenters.